The lowest BCUT2D eigenvalue weighted by Crippen LogP contribution is -2.42. The molecule has 2 N–H and O–H groups in total. The number of nitrogens with one attached hydrogen (secondary N) is 2. The molecule has 0 radical (unpaired) electrons. The molecular weight excluding hydrogens is 447 g/mol. The molecule has 0 bridgehead atoms. The molecule has 1 aromatic carbocycles. The maximum atomic E-state index is 11.0. The van der Waals surface area contributed by atoms with Gasteiger partial charge in [0.05, 0.1) is 6.26 Å². The van der Waals surface area contributed by atoms with Gasteiger partial charge in [0, 0.05) is 33.7 Å². The summed E-state index contributed by atoms with van der Waals surface area (Å²) in [7, 11) is 0.417. The van der Waals surface area contributed by atoms with E-state index in [9.17, 15) is 8.42 Å². The van der Waals surface area contributed by atoms with Crippen LogP contribution < -0.4 is 19.5 Å². The van der Waals surface area contributed by atoms with Gasteiger partial charge in [0.2, 0.25) is 16.8 Å². The Balaban J connectivity index is 0.00000288. The topological polar surface area (TPSA) is 92.3 Å². The fraction of sp³-hybridized carbons (Fsp3) is 0.500. The Morgan fingerprint density at radius 3 is 2.67 bits per heavy atom. The molecule has 1 aromatic rings. The van der Waals surface area contributed by atoms with E-state index in [0.717, 1.165) is 23.3 Å². The molecule has 0 aliphatic carbocycles. The van der Waals surface area contributed by atoms with E-state index < -0.39 is 10.0 Å². The molecule has 1 aliphatic heterocycles. The van der Waals surface area contributed by atoms with Crippen LogP contribution in [0.2, 0.25) is 0 Å². The third-order valence-electron chi connectivity index (χ3n) is 3.20. The van der Waals surface area contributed by atoms with Gasteiger partial charge in [-0.2, -0.15) is 0 Å². The van der Waals surface area contributed by atoms with Crippen molar-refractivity contribution in [2.24, 2.45) is 4.99 Å². The monoisotopic (exact) mass is 470 g/mol. The van der Waals surface area contributed by atoms with Crippen LogP contribution in [0.25, 0.3) is 0 Å². The SMILES string of the molecule is CN=C(NCCNS(C)(=O)=O)N(C)Cc1ccc2c(c1)OCO2.I. The lowest BCUT2D eigenvalue weighted by atomic mass is 10.2. The maximum absolute atomic E-state index is 11.0. The highest BCUT2D eigenvalue weighted by atomic mass is 127. The predicted octanol–water partition coefficient (Wildman–Crippen LogP) is 0.590. The van der Waals surface area contributed by atoms with Crippen LogP contribution in [0.15, 0.2) is 23.2 Å². The second kappa shape index (κ2) is 9.28. The summed E-state index contributed by atoms with van der Waals surface area (Å²) in [6.07, 6.45) is 1.13. The third kappa shape index (κ3) is 6.32. The molecule has 24 heavy (non-hydrogen) atoms. The highest BCUT2D eigenvalue weighted by Crippen LogP contribution is 2.32. The Morgan fingerprint density at radius 2 is 2.00 bits per heavy atom. The Bertz CT molecular complexity index is 681. The fourth-order valence-electron chi connectivity index (χ4n) is 2.18. The number of hydrogen-bond acceptors (Lipinski definition) is 5. The lowest BCUT2D eigenvalue weighted by Gasteiger charge is -2.22. The first-order valence-electron chi connectivity index (χ1n) is 7.14. The Hall–Kier alpha value is -1.27. The summed E-state index contributed by atoms with van der Waals surface area (Å²) in [4.78, 5) is 6.13. The molecule has 136 valence electrons. The van der Waals surface area contributed by atoms with Crippen LogP contribution in [-0.4, -0.2) is 59.5 Å². The largest absolute Gasteiger partial charge is 0.454 e. The minimum Gasteiger partial charge on any atom is -0.454 e. The summed E-state index contributed by atoms with van der Waals surface area (Å²) in [6.45, 7) is 1.64. The number of hydrogen-bond donors (Lipinski definition) is 2. The highest BCUT2D eigenvalue weighted by molar-refractivity contribution is 14.0. The summed E-state index contributed by atoms with van der Waals surface area (Å²) in [5.41, 5.74) is 1.06. The number of halogens is 1. The second-order valence-electron chi connectivity index (χ2n) is 5.18. The molecule has 0 atom stereocenters. The molecule has 0 saturated heterocycles. The Labute approximate surface area is 159 Å². The van der Waals surface area contributed by atoms with Crippen LogP contribution in [0.1, 0.15) is 5.56 Å². The van der Waals surface area contributed by atoms with Crippen LogP contribution in [0.3, 0.4) is 0 Å². The van der Waals surface area contributed by atoms with E-state index in [-0.39, 0.29) is 30.8 Å². The van der Waals surface area contributed by atoms with Gasteiger partial charge in [-0.3, -0.25) is 4.99 Å². The van der Waals surface area contributed by atoms with Crippen molar-refractivity contribution in [2.75, 3.05) is 40.2 Å². The summed E-state index contributed by atoms with van der Waals surface area (Å²) in [5.74, 6) is 2.18. The predicted molar refractivity (Wildman–Crippen MR) is 104 cm³/mol. The summed E-state index contributed by atoms with van der Waals surface area (Å²) in [6, 6.07) is 5.80. The molecule has 0 saturated carbocycles. The molecule has 2 rings (SSSR count). The molecule has 1 aliphatic rings. The van der Waals surface area contributed by atoms with Gasteiger partial charge >= 0.3 is 0 Å². The van der Waals surface area contributed by atoms with Gasteiger partial charge in [0.1, 0.15) is 0 Å². The first kappa shape index (κ1) is 20.8. The first-order chi connectivity index (χ1) is 10.9. The molecule has 1 heterocycles. The van der Waals surface area contributed by atoms with E-state index in [1.54, 1.807) is 7.05 Å². The van der Waals surface area contributed by atoms with Gasteiger partial charge in [-0.05, 0) is 17.7 Å². The zero-order valence-electron chi connectivity index (χ0n) is 13.9. The Kier molecular flexibility index (Phi) is 8.03. The van der Waals surface area contributed by atoms with Crippen LogP contribution in [0, 0.1) is 0 Å². The van der Waals surface area contributed by atoms with Crippen molar-refractivity contribution >= 4 is 40.0 Å². The lowest BCUT2D eigenvalue weighted by molar-refractivity contribution is 0.174. The normalized spacial score (nSPS) is 13.4. The van der Waals surface area contributed by atoms with Gasteiger partial charge in [-0.25, -0.2) is 13.1 Å². The van der Waals surface area contributed by atoms with E-state index in [1.807, 2.05) is 30.1 Å². The quantitative estimate of drug-likeness (QED) is 0.274. The Morgan fingerprint density at radius 1 is 1.29 bits per heavy atom. The molecule has 0 unspecified atom stereocenters. The summed E-state index contributed by atoms with van der Waals surface area (Å²) < 4.78 is 35.1. The van der Waals surface area contributed by atoms with E-state index in [0.29, 0.717) is 25.6 Å². The molecule has 0 amide bonds. The van der Waals surface area contributed by atoms with Crippen molar-refractivity contribution < 1.29 is 17.9 Å². The maximum Gasteiger partial charge on any atom is 0.231 e. The average Bonchev–Trinajstić information content (AvgIpc) is 2.93. The van der Waals surface area contributed by atoms with Crippen molar-refractivity contribution in [1.29, 1.82) is 0 Å². The van der Waals surface area contributed by atoms with Gasteiger partial charge < -0.3 is 19.7 Å². The molecule has 8 nitrogen and oxygen atoms in total. The van der Waals surface area contributed by atoms with Crippen molar-refractivity contribution in [2.45, 2.75) is 6.54 Å². The smallest absolute Gasteiger partial charge is 0.231 e. The summed E-state index contributed by atoms with van der Waals surface area (Å²) in [5, 5.41) is 3.11. The summed E-state index contributed by atoms with van der Waals surface area (Å²) >= 11 is 0. The number of fused-ring (bicyclic) bond motifs is 1. The molecule has 0 spiro atoms. The van der Waals surface area contributed by atoms with Crippen LogP contribution >= 0.6 is 24.0 Å². The van der Waals surface area contributed by atoms with Crippen LogP contribution in [0.5, 0.6) is 11.5 Å². The zero-order valence-corrected chi connectivity index (χ0v) is 17.1. The second-order valence-corrected chi connectivity index (χ2v) is 7.02. The number of benzene rings is 1. The minimum atomic E-state index is -3.17. The van der Waals surface area contributed by atoms with E-state index in [2.05, 4.69) is 15.0 Å². The third-order valence-corrected chi connectivity index (χ3v) is 3.93. The first-order valence-corrected chi connectivity index (χ1v) is 9.03. The van der Waals surface area contributed by atoms with E-state index in [1.165, 1.54) is 0 Å². The van der Waals surface area contributed by atoms with Crippen LogP contribution in [0.4, 0.5) is 0 Å². The van der Waals surface area contributed by atoms with Gasteiger partial charge in [0.25, 0.3) is 0 Å². The standard InChI is InChI=1S/C14H22N4O4S.HI/c1-15-14(16-6-7-17-23(3,19)20)18(2)9-11-4-5-12-13(8-11)22-10-21-12;/h4-5,8,17H,6-7,9-10H2,1-3H3,(H,15,16);1H. The van der Waals surface area contributed by atoms with Crippen LogP contribution in [-0.2, 0) is 16.6 Å². The number of rotatable bonds is 6. The van der Waals surface area contributed by atoms with E-state index in [4.69, 9.17) is 9.47 Å². The number of sulfonamides is 1. The highest BCUT2D eigenvalue weighted by Gasteiger charge is 2.14. The zero-order chi connectivity index (χ0) is 16.9. The fourth-order valence-corrected chi connectivity index (χ4v) is 2.66. The van der Waals surface area contributed by atoms with Crippen molar-refractivity contribution in [3.05, 3.63) is 23.8 Å². The average molecular weight is 470 g/mol. The van der Waals surface area contributed by atoms with Gasteiger partial charge in [0.15, 0.2) is 17.5 Å². The van der Waals surface area contributed by atoms with Crippen molar-refractivity contribution in [3.63, 3.8) is 0 Å². The number of ether oxygens (including phenoxy) is 2. The molecule has 0 fully saturated rings. The number of guanidine groups is 1. The molecule has 10 heteroatoms. The molecular formula is C14H23IN4O4S. The molecule has 0 aromatic heterocycles. The van der Waals surface area contributed by atoms with Crippen molar-refractivity contribution in [3.8, 4) is 11.5 Å². The van der Waals surface area contributed by atoms with E-state index >= 15 is 0 Å². The minimum absolute atomic E-state index is 0. The van der Waals surface area contributed by atoms with Crippen molar-refractivity contribution in [1.82, 2.24) is 14.9 Å². The number of nitrogens with zero attached hydrogens (tertiary/aromatic N) is 2. The van der Waals surface area contributed by atoms with Gasteiger partial charge in [-0.15, -0.1) is 24.0 Å². The van der Waals surface area contributed by atoms with Gasteiger partial charge in [-0.1, -0.05) is 6.07 Å². The number of aliphatic imine (C=N–C) groups is 1.